The second kappa shape index (κ2) is 38.8. The van der Waals surface area contributed by atoms with Gasteiger partial charge in [-0.3, -0.25) is 19.4 Å². The molecule has 0 saturated heterocycles. The van der Waals surface area contributed by atoms with Crippen molar-refractivity contribution in [2.45, 2.75) is 20.4 Å². The molecule has 0 amide bonds. The van der Waals surface area contributed by atoms with Crippen LogP contribution >= 0.6 is 69.6 Å². The molecule has 24 aromatic rings. The quantitative estimate of drug-likeness (QED) is 0.0497. The molecule has 18 aromatic heterocycles. The van der Waals surface area contributed by atoms with Gasteiger partial charge in [0.25, 0.3) is 16.7 Å². The van der Waals surface area contributed by atoms with Crippen LogP contribution in [0, 0.1) is 41.8 Å². The molecule has 0 atom stereocenters. The molecule has 0 saturated carbocycles. The molecule has 24 rings (SSSR count). The Bertz CT molecular complexity index is 8570. The van der Waals surface area contributed by atoms with Crippen molar-refractivity contribution >= 4 is 136 Å². The van der Waals surface area contributed by atoms with Crippen LogP contribution in [0.5, 0.6) is 0 Å². The molecule has 684 valence electrons. The second-order valence-corrected chi connectivity index (χ2v) is 32.4. The van der Waals surface area contributed by atoms with Crippen LogP contribution in [0.1, 0.15) is 12.6 Å². The van der Waals surface area contributed by atoms with E-state index in [9.17, 15) is 40.7 Å². The minimum Gasteiger partial charge on any atom is -0.356 e. The van der Waals surface area contributed by atoms with Gasteiger partial charge in [-0.15, -0.1) is 0 Å². The van der Waals surface area contributed by atoms with E-state index in [-0.39, 0.29) is 44.9 Å². The minimum absolute atomic E-state index is 0.0421. The van der Waals surface area contributed by atoms with Crippen molar-refractivity contribution in [2.24, 2.45) is 0 Å². The van der Waals surface area contributed by atoms with Crippen LogP contribution in [-0.2, 0) is 6.54 Å². The van der Waals surface area contributed by atoms with Crippen molar-refractivity contribution in [3.63, 3.8) is 0 Å². The monoisotopic (exact) mass is 1970 g/mol. The van der Waals surface area contributed by atoms with Gasteiger partial charge in [0.2, 0.25) is 0 Å². The number of nitrogens with zero attached hydrogens (tertiary/aromatic N) is 11. The van der Waals surface area contributed by atoms with Gasteiger partial charge >= 0.3 is 0 Å². The number of nitrogens with one attached hydrogen (secondary N) is 8. The predicted molar refractivity (Wildman–Crippen MR) is 512 cm³/mol. The number of aromatic amines is 8. The predicted octanol–water partition coefficient (Wildman–Crippen LogP) is 26.1. The van der Waals surface area contributed by atoms with Gasteiger partial charge in [-0.2, -0.15) is 0 Å². The largest absolute Gasteiger partial charge is 0.356 e. The first-order valence-corrected chi connectivity index (χ1v) is 43.5. The molecule has 40 heteroatoms. The summed E-state index contributed by atoms with van der Waals surface area (Å²) in [6, 6.07) is 40.9. The molecule has 0 bridgehead atoms. The van der Waals surface area contributed by atoms with Gasteiger partial charge < -0.3 is 71.6 Å². The summed E-state index contributed by atoms with van der Waals surface area (Å²) in [4.78, 5) is 76.2. The first-order valence-electron chi connectivity index (χ1n) is 41.2. The molecule has 0 aliphatic rings. The van der Waals surface area contributed by atoms with Crippen molar-refractivity contribution in [2.75, 3.05) is 0 Å². The van der Waals surface area contributed by atoms with E-state index in [1.807, 2.05) is 68.6 Å². The summed E-state index contributed by atoms with van der Waals surface area (Å²) in [7, 11) is 0. The van der Waals surface area contributed by atoms with Crippen LogP contribution in [0.2, 0.25) is 30.1 Å². The number of aryl methyl sites for hydroxylation is 2. The van der Waals surface area contributed by atoms with Crippen LogP contribution in [0.25, 0.3) is 201 Å². The number of benzene rings is 6. The topological polar surface area (TPSA) is 390 Å². The van der Waals surface area contributed by atoms with E-state index in [0.29, 0.717) is 143 Å². The van der Waals surface area contributed by atoms with Crippen LogP contribution in [0.3, 0.4) is 0 Å². The zero-order valence-corrected chi connectivity index (χ0v) is 75.2. The van der Waals surface area contributed by atoms with Crippen molar-refractivity contribution in [3.8, 4) is 135 Å². The maximum absolute atomic E-state index is 14.2. The summed E-state index contributed by atoms with van der Waals surface area (Å²) in [6.45, 7) is 4.28. The van der Waals surface area contributed by atoms with Crippen molar-refractivity contribution < 1.29 is 53.5 Å². The lowest BCUT2D eigenvalue weighted by atomic mass is 10.0. The summed E-state index contributed by atoms with van der Waals surface area (Å²) in [6.07, 6.45) is 28.9. The molecule has 0 unspecified atom stereocenters. The fourth-order valence-corrected chi connectivity index (χ4v) is 16.9. The highest BCUT2D eigenvalue weighted by atomic mass is 35.5. The number of halogens is 12. The highest BCUT2D eigenvalue weighted by Crippen LogP contribution is 2.47. The molecule has 0 spiro atoms. The summed E-state index contributed by atoms with van der Waals surface area (Å²) < 4.78 is 117. The van der Waals surface area contributed by atoms with E-state index in [1.54, 1.807) is 134 Å². The Balaban J connectivity index is 0.000000106. The summed E-state index contributed by atoms with van der Waals surface area (Å²) in [5, 5.41) is 29.6. The molecule has 0 aliphatic heterocycles. The maximum Gasteiger partial charge on any atom is 0.274 e. The van der Waals surface area contributed by atoms with Crippen molar-refractivity contribution in [1.82, 2.24) is 95.3 Å². The molecule has 28 nitrogen and oxygen atoms in total. The molecule has 18 heterocycles. The molecule has 0 radical (unpaired) electrons. The van der Waals surface area contributed by atoms with Crippen molar-refractivity contribution in [1.29, 1.82) is 0 Å². The van der Waals surface area contributed by atoms with Gasteiger partial charge in [0.15, 0.2) is 75.1 Å². The standard InChI is InChI=1S/C18H13F2N3O2.C16H10Cl2N4O.C16H9Cl2N3O2.C16H9Cl2N3O.C16H9F2N3O2.C16H9F2N3O/c1-2-23-7-6-11-12(8-21-16(11)18(23)24)17-13(9-22-25-17)10-4-3-5-14(19)15(10)20;1-8-12(9-3-2-4-11(17)13(9)18)15(23-22-8)10-7-21-16-14(10)19-5-6-20-16;17-12-3-1-2-8(13(12)18)11-7-21-23-15(11)10-6-20-14-9(10)4-5-19-16(14)22;17-13-5-1-3-9(14(13)18)12-8-21-22-15(12)11-7-20-16-10(11)4-2-6-19-16;17-12-3-1-2-8(13(12)18)11-7-21-23-15(11)10-6-20-14-9(10)4-5-19-16(14)22;17-13-5-1-3-9(14(13)18)12-8-21-22-15(12)11-7-20-16-10(11)4-2-6-19-16/h3-9,21H,2H2,1H3;2-7H,1H3,(H,20,21);1-7,20H,(H,19,22);1-8H,(H,19,20);1-7,20H,(H,19,22);1-8H,(H,19,20). The molecular formula is C98H59Cl6F6N19O9. The molecule has 138 heavy (non-hydrogen) atoms. The second-order valence-electron chi connectivity index (χ2n) is 30.1. The summed E-state index contributed by atoms with van der Waals surface area (Å²) in [5.74, 6) is -3.07. The van der Waals surface area contributed by atoms with E-state index in [2.05, 4.69) is 90.7 Å². The minimum atomic E-state index is -0.977. The van der Waals surface area contributed by atoms with E-state index < -0.39 is 34.9 Å². The Morgan fingerprint density at radius 3 is 1.10 bits per heavy atom. The van der Waals surface area contributed by atoms with Crippen LogP contribution in [0.15, 0.2) is 305 Å². The Labute approximate surface area is 799 Å². The number of aromatic nitrogens is 19. The number of H-pyrrole nitrogens is 8. The number of fused-ring (bicyclic) bond motifs is 6. The van der Waals surface area contributed by atoms with Gasteiger partial charge in [0, 0.05) is 175 Å². The van der Waals surface area contributed by atoms with Crippen LogP contribution < -0.4 is 16.7 Å². The van der Waals surface area contributed by atoms with E-state index in [0.717, 1.165) is 90.2 Å². The lowest BCUT2D eigenvalue weighted by Crippen LogP contribution is -2.18. The van der Waals surface area contributed by atoms with Crippen LogP contribution in [-0.4, -0.2) is 95.3 Å². The average molecular weight is 1970 g/mol. The third-order valence-corrected chi connectivity index (χ3v) is 24.7. The zero-order chi connectivity index (χ0) is 95.7. The highest BCUT2D eigenvalue weighted by molar-refractivity contribution is 6.45. The Kier molecular flexibility index (Phi) is 25.4. The third kappa shape index (κ3) is 17.1. The molecule has 6 aromatic carbocycles. The number of hydrogen-bond donors (Lipinski definition) is 8. The first kappa shape index (κ1) is 90.5. The van der Waals surface area contributed by atoms with E-state index in [4.69, 9.17) is 96.7 Å². The number of hydrogen-bond acceptors (Lipinski definition) is 19. The zero-order valence-electron chi connectivity index (χ0n) is 70.7. The summed E-state index contributed by atoms with van der Waals surface area (Å²) in [5.41, 5.74) is 14.2. The lowest BCUT2D eigenvalue weighted by Gasteiger charge is -2.06. The van der Waals surface area contributed by atoms with Gasteiger partial charge in [-0.25, -0.2) is 41.3 Å². The smallest absolute Gasteiger partial charge is 0.274 e. The average Bonchev–Trinajstić information content (AvgIpc) is 1.61. The van der Waals surface area contributed by atoms with Crippen LogP contribution in [0.4, 0.5) is 26.3 Å². The van der Waals surface area contributed by atoms with E-state index >= 15 is 0 Å². The molecule has 0 fully saturated rings. The molecular weight excluding hydrogens is 1910 g/mol. The van der Waals surface area contributed by atoms with Gasteiger partial charge in [0.1, 0.15) is 33.4 Å². The number of pyridine rings is 5. The Hall–Kier alpha value is -16.6. The molecule has 0 aliphatic carbocycles. The maximum atomic E-state index is 14.2. The molecule has 8 N–H and O–H groups in total. The fourth-order valence-electron chi connectivity index (χ4n) is 15.7. The summed E-state index contributed by atoms with van der Waals surface area (Å²) >= 11 is 37.3. The lowest BCUT2D eigenvalue weighted by molar-refractivity contribution is 0.427. The Morgan fingerprint density at radius 2 is 0.667 bits per heavy atom. The normalized spacial score (nSPS) is 11.2. The Morgan fingerprint density at radius 1 is 0.319 bits per heavy atom. The first-order chi connectivity index (χ1) is 67.1. The van der Waals surface area contributed by atoms with E-state index in [1.165, 1.54) is 61.2 Å². The third-order valence-electron chi connectivity index (χ3n) is 22.2. The van der Waals surface area contributed by atoms with Gasteiger partial charge in [0.05, 0.1) is 106 Å². The van der Waals surface area contributed by atoms with Gasteiger partial charge in [-0.05, 0) is 92.7 Å². The van der Waals surface area contributed by atoms with Gasteiger partial charge in [-0.1, -0.05) is 173 Å². The van der Waals surface area contributed by atoms with Crippen molar-refractivity contribution in [3.05, 3.63) is 365 Å². The highest BCUT2D eigenvalue weighted by Gasteiger charge is 2.29. The SMILES string of the molecule is CCn1ccc2c(-c3oncc3-c3cccc(F)c3F)c[nH]c2c1=O.Cc1noc(-c2c[nH]c3nccnc23)c1-c1cccc(Cl)c1Cl.Clc1cccc(-c2cnoc2-c2c[nH]c3ncccc23)c1Cl.Fc1cccc(-c2cnoc2-c2c[nH]c3ncccc23)c1F.O=c1[nH]ccc2c(-c3oncc3-c3cccc(Cl)c3Cl)c[nH]c12.O=c1[nH]ccc2c(-c3oncc3-c3cccc(F)c3F)c[nH]c12. The fraction of sp³-hybridized carbons (Fsp3) is 0.0306. The number of rotatable bonds is 13.